The number of aromatic nitrogens is 1. The number of aliphatic hydroxyl groups excluding tert-OH is 1. The average molecular weight is 433 g/mol. The van der Waals surface area contributed by atoms with Crippen LogP contribution in [0.3, 0.4) is 0 Å². The molecule has 1 aromatic heterocycles. The molecule has 160 valence electrons. The van der Waals surface area contributed by atoms with Crippen LogP contribution in [-0.4, -0.2) is 51.9 Å². The lowest BCUT2D eigenvalue weighted by Crippen LogP contribution is -2.39. The van der Waals surface area contributed by atoms with Gasteiger partial charge in [-0.1, -0.05) is 42.0 Å². The third-order valence-electron chi connectivity index (χ3n) is 6.40. The standard InChI is InChI=1S/C25H28N4OS/c1-17-6-8-18(9-7-17)14-28-12-10-19(11-13-28)15-29-16-21(30)23(24(29)26)25-27-20-4-2-3-5-22(20)31-25/h2-9,19,26,30H,10-16H2,1H3. The van der Waals surface area contributed by atoms with Crippen LogP contribution in [0.5, 0.6) is 0 Å². The molecule has 2 aliphatic heterocycles. The summed E-state index contributed by atoms with van der Waals surface area (Å²) >= 11 is 1.55. The van der Waals surface area contributed by atoms with Crippen molar-refractivity contribution in [2.75, 3.05) is 26.2 Å². The first kappa shape index (κ1) is 20.2. The highest BCUT2D eigenvalue weighted by molar-refractivity contribution is 7.19. The van der Waals surface area contributed by atoms with Crippen molar-refractivity contribution in [2.45, 2.75) is 26.3 Å². The second-order valence-corrected chi connectivity index (χ2v) is 9.77. The van der Waals surface area contributed by atoms with Gasteiger partial charge in [0, 0.05) is 13.1 Å². The minimum Gasteiger partial charge on any atom is -0.510 e. The minimum absolute atomic E-state index is 0.279. The number of fused-ring (bicyclic) bond motifs is 1. The summed E-state index contributed by atoms with van der Waals surface area (Å²) in [6.45, 7) is 6.56. The number of aliphatic hydroxyl groups is 1. The monoisotopic (exact) mass is 432 g/mol. The van der Waals surface area contributed by atoms with Crippen molar-refractivity contribution >= 4 is 33.0 Å². The Hall–Kier alpha value is -2.70. The Balaban J connectivity index is 1.18. The van der Waals surface area contributed by atoms with Crippen LogP contribution in [0.25, 0.3) is 15.8 Å². The molecule has 0 bridgehead atoms. The molecule has 0 spiro atoms. The Morgan fingerprint density at radius 2 is 1.84 bits per heavy atom. The molecule has 0 radical (unpaired) electrons. The van der Waals surface area contributed by atoms with E-state index in [1.807, 2.05) is 29.2 Å². The van der Waals surface area contributed by atoms with Crippen LogP contribution in [-0.2, 0) is 6.54 Å². The molecule has 3 aromatic rings. The number of hydrogen-bond donors (Lipinski definition) is 2. The molecule has 0 atom stereocenters. The molecular formula is C25H28N4OS. The van der Waals surface area contributed by atoms with E-state index in [4.69, 9.17) is 5.41 Å². The first-order valence-electron chi connectivity index (χ1n) is 11.0. The summed E-state index contributed by atoms with van der Waals surface area (Å²) in [6.07, 6.45) is 2.26. The number of thiazole rings is 1. The molecule has 5 rings (SSSR count). The Labute approximate surface area is 187 Å². The highest BCUT2D eigenvalue weighted by atomic mass is 32.1. The fourth-order valence-corrected chi connectivity index (χ4v) is 5.62. The molecule has 6 heteroatoms. The Morgan fingerprint density at radius 3 is 2.58 bits per heavy atom. The molecule has 2 N–H and O–H groups in total. The highest BCUT2D eigenvalue weighted by Crippen LogP contribution is 2.34. The number of aryl methyl sites for hydroxylation is 1. The largest absolute Gasteiger partial charge is 0.510 e. The van der Waals surface area contributed by atoms with E-state index in [-0.39, 0.29) is 5.76 Å². The van der Waals surface area contributed by atoms with E-state index in [9.17, 15) is 5.11 Å². The third-order valence-corrected chi connectivity index (χ3v) is 7.46. The van der Waals surface area contributed by atoms with Crippen molar-refractivity contribution in [3.63, 3.8) is 0 Å². The predicted molar refractivity (Wildman–Crippen MR) is 128 cm³/mol. The molecule has 2 aliphatic rings. The normalized spacial score (nSPS) is 18.5. The third kappa shape index (κ3) is 4.23. The van der Waals surface area contributed by atoms with Crippen molar-refractivity contribution < 1.29 is 5.11 Å². The Morgan fingerprint density at radius 1 is 1.10 bits per heavy atom. The fraction of sp³-hybridized carbons (Fsp3) is 0.360. The lowest BCUT2D eigenvalue weighted by Gasteiger charge is -2.34. The van der Waals surface area contributed by atoms with E-state index in [0.29, 0.717) is 23.9 Å². The van der Waals surface area contributed by atoms with Gasteiger partial charge in [0.1, 0.15) is 16.6 Å². The summed E-state index contributed by atoms with van der Waals surface area (Å²) in [7, 11) is 0. The predicted octanol–water partition coefficient (Wildman–Crippen LogP) is 5.08. The molecule has 0 amide bonds. The smallest absolute Gasteiger partial charge is 0.135 e. The van der Waals surface area contributed by atoms with E-state index in [1.165, 1.54) is 11.1 Å². The van der Waals surface area contributed by atoms with Crippen LogP contribution in [0, 0.1) is 18.3 Å². The maximum absolute atomic E-state index is 10.6. The van der Waals surface area contributed by atoms with Crippen LogP contribution < -0.4 is 0 Å². The zero-order chi connectivity index (χ0) is 21.4. The van der Waals surface area contributed by atoms with E-state index >= 15 is 0 Å². The summed E-state index contributed by atoms with van der Waals surface area (Å²) < 4.78 is 1.09. The molecular weight excluding hydrogens is 404 g/mol. The van der Waals surface area contributed by atoms with Crippen LogP contribution >= 0.6 is 11.3 Å². The number of rotatable bonds is 5. The van der Waals surface area contributed by atoms with Crippen LogP contribution in [0.4, 0.5) is 0 Å². The summed E-state index contributed by atoms with van der Waals surface area (Å²) in [5, 5.41) is 20.1. The maximum atomic E-state index is 10.6. The SMILES string of the molecule is Cc1ccc(CN2CCC(CN3CC(O)=C(c4nc5ccccc5s4)C3=N)CC2)cc1. The number of hydrogen-bond acceptors (Lipinski definition) is 5. The molecule has 1 saturated heterocycles. The van der Waals surface area contributed by atoms with E-state index in [2.05, 4.69) is 41.1 Å². The molecule has 31 heavy (non-hydrogen) atoms. The Kier molecular flexibility index (Phi) is 5.50. The number of likely N-dealkylation sites (tertiary alicyclic amines) is 1. The van der Waals surface area contributed by atoms with Gasteiger partial charge in [-0.15, -0.1) is 11.3 Å². The zero-order valence-corrected chi connectivity index (χ0v) is 18.7. The second kappa shape index (κ2) is 8.44. The minimum atomic E-state index is 0.279. The van der Waals surface area contributed by atoms with Crippen molar-refractivity contribution in [2.24, 2.45) is 5.92 Å². The highest BCUT2D eigenvalue weighted by Gasteiger charge is 2.32. The first-order valence-corrected chi connectivity index (χ1v) is 11.8. The molecule has 1 fully saturated rings. The van der Waals surface area contributed by atoms with Crippen molar-refractivity contribution in [3.8, 4) is 0 Å². The maximum Gasteiger partial charge on any atom is 0.135 e. The zero-order valence-electron chi connectivity index (χ0n) is 17.8. The lowest BCUT2D eigenvalue weighted by atomic mass is 9.95. The van der Waals surface area contributed by atoms with Gasteiger partial charge in [0.25, 0.3) is 0 Å². The lowest BCUT2D eigenvalue weighted by molar-refractivity contribution is 0.160. The van der Waals surface area contributed by atoms with Gasteiger partial charge in [-0.3, -0.25) is 10.3 Å². The molecule has 0 saturated carbocycles. The van der Waals surface area contributed by atoms with Crippen LogP contribution in [0.1, 0.15) is 29.0 Å². The molecule has 5 nitrogen and oxygen atoms in total. The van der Waals surface area contributed by atoms with E-state index in [1.54, 1.807) is 11.3 Å². The molecule has 0 unspecified atom stereocenters. The van der Waals surface area contributed by atoms with Gasteiger partial charge in [-0.05, 0) is 56.5 Å². The van der Waals surface area contributed by atoms with Gasteiger partial charge in [0.15, 0.2) is 0 Å². The van der Waals surface area contributed by atoms with Gasteiger partial charge < -0.3 is 10.0 Å². The van der Waals surface area contributed by atoms with Crippen LogP contribution in [0.2, 0.25) is 0 Å². The quantitative estimate of drug-likeness (QED) is 0.590. The number of piperidine rings is 1. The van der Waals surface area contributed by atoms with Gasteiger partial charge in [0.05, 0.1) is 22.3 Å². The summed E-state index contributed by atoms with van der Waals surface area (Å²) in [5.74, 6) is 1.25. The van der Waals surface area contributed by atoms with Crippen molar-refractivity contribution in [3.05, 3.63) is 70.4 Å². The number of benzene rings is 2. The molecule has 2 aromatic carbocycles. The van der Waals surface area contributed by atoms with Crippen molar-refractivity contribution in [1.29, 1.82) is 5.41 Å². The molecule has 0 aliphatic carbocycles. The van der Waals surface area contributed by atoms with Gasteiger partial charge in [-0.2, -0.15) is 0 Å². The summed E-state index contributed by atoms with van der Waals surface area (Å²) in [6, 6.07) is 16.8. The number of nitrogens with one attached hydrogen (secondary N) is 1. The van der Waals surface area contributed by atoms with Crippen LogP contribution in [0.15, 0.2) is 54.3 Å². The van der Waals surface area contributed by atoms with Crippen molar-refractivity contribution in [1.82, 2.24) is 14.8 Å². The first-order chi connectivity index (χ1) is 15.1. The summed E-state index contributed by atoms with van der Waals surface area (Å²) in [4.78, 5) is 9.21. The topological polar surface area (TPSA) is 63.5 Å². The number of para-hydroxylation sites is 1. The van der Waals surface area contributed by atoms with Gasteiger partial charge >= 0.3 is 0 Å². The molecule has 3 heterocycles. The van der Waals surface area contributed by atoms with Gasteiger partial charge in [-0.25, -0.2) is 4.98 Å². The van der Waals surface area contributed by atoms with E-state index < -0.39 is 0 Å². The second-order valence-electron chi connectivity index (χ2n) is 8.74. The number of amidine groups is 1. The Bertz CT molecular complexity index is 1090. The average Bonchev–Trinajstić information content (AvgIpc) is 3.31. The van der Waals surface area contributed by atoms with E-state index in [0.717, 1.165) is 54.2 Å². The number of nitrogens with zero attached hydrogens (tertiary/aromatic N) is 3. The fourth-order valence-electron chi connectivity index (χ4n) is 4.58. The summed E-state index contributed by atoms with van der Waals surface area (Å²) in [5.41, 5.74) is 4.21. The van der Waals surface area contributed by atoms with Gasteiger partial charge in [0.2, 0.25) is 0 Å².